The van der Waals surface area contributed by atoms with E-state index >= 15 is 0 Å². The van der Waals surface area contributed by atoms with E-state index in [0.717, 1.165) is 13.1 Å². The Morgan fingerprint density at radius 1 is 0.676 bits per heavy atom. The van der Waals surface area contributed by atoms with Crippen LogP contribution in [-0.4, -0.2) is 42.2 Å². The molecule has 0 radical (unpaired) electrons. The second-order valence-corrected chi connectivity index (χ2v) is 8.34. The Bertz CT molecular complexity index is 1070. The lowest BCUT2D eigenvalue weighted by Gasteiger charge is -2.27. The lowest BCUT2D eigenvalue weighted by atomic mass is 9.86. The van der Waals surface area contributed by atoms with Gasteiger partial charge >= 0.3 is 5.97 Å². The van der Waals surface area contributed by atoms with Gasteiger partial charge in [0.2, 0.25) is 5.60 Å². The monoisotopic (exact) mass is 497 g/mol. The summed E-state index contributed by atoms with van der Waals surface area (Å²) in [6.07, 6.45) is 0. The fourth-order valence-corrected chi connectivity index (χ4v) is 3.93. The van der Waals surface area contributed by atoms with Gasteiger partial charge in [-0.3, -0.25) is 0 Å². The van der Waals surface area contributed by atoms with Gasteiger partial charge in [-0.15, -0.1) is 0 Å². The molecule has 0 aromatic heterocycles. The molecule has 0 saturated carbocycles. The maximum Gasteiger partial charge on any atom is 0.347 e. The van der Waals surface area contributed by atoms with Crippen molar-refractivity contribution in [2.45, 2.75) is 26.9 Å². The highest BCUT2D eigenvalue weighted by Crippen LogP contribution is 2.31. The van der Waals surface area contributed by atoms with Crippen LogP contribution in [0.1, 0.15) is 32.4 Å². The normalized spacial score (nSPS) is 10.6. The van der Waals surface area contributed by atoms with Gasteiger partial charge in [-0.1, -0.05) is 143 Å². The molecule has 0 unspecified atom stereocenters. The number of hydrogen-bond acceptors (Lipinski definition) is 4. The predicted octanol–water partition coefficient (Wildman–Crippen LogP) is 6.80. The molecular weight excluding hydrogens is 458 g/mol. The highest BCUT2D eigenvalue weighted by Gasteiger charge is 2.41. The maximum atomic E-state index is 12.7. The molecule has 0 heterocycles. The van der Waals surface area contributed by atoms with Gasteiger partial charge in [-0.05, 0) is 35.3 Å². The van der Waals surface area contributed by atoms with Crippen molar-refractivity contribution in [3.63, 3.8) is 0 Å². The summed E-state index contributed by atoms with van der Waals surface area (Å²) in [7, 11) is 0. The molecule has 194 valence electrons. The Hall–Kier alpha value is -3.73. The summed E-state index contributed by atoms with van der Waals surface area (Å²) < 4.78 is 5.42. The van der Waals surface area contributed by atoms with Gasteiger partial charge in [0.15, 0.2) is 0 Å². The first-order valence-electron chi connectivity index (χ1n) is 12.4. The smallest absolute Gasteiger partial charge is 0.347 e. The maximum absolute atomic E-state index is 12.7. The van der Waals surface area contributed by atoms with E-state index in [1.807, 2.05) is 24.3 Å². The topological polar surface area (TPSA) is 49.8 Å². The molecule has 0 atom stereocenters. The van der Waals surface area contributed by atoms with E-state index in [1.54, 1.807) is 48.5 Å². The summed E-state index contributed by atoms with van der Waals surface area (Å²) in [5, 5.41) is 11.2. The molecule has 0 fully saturated rings. The highest BCUT2D eigenvalue weighted by atomic mass is 16.5. The van der Waals surface area contributed by atoms with Crippen LogP contribution in [0.3, 0.4) is 0 Å². The van der Waals surface area contributed by atoms with Crippen molar-refractivity contribution in [1.29, 1.82) is 0 Å². The van der Waals surface area contributed by atoms with Crippen LogP contribution in [0.25, 0.3) is 11.1 Å². The Balaban J connectivity index is 0.000000309. The van der Waals surface area contributed by atoms with Crippen molar-refractivity contribution in [1.82, 2.24) is 4.90 Å². The number of carbonyl (C=O) groups excluding carboxylic acids is 1. The quantitative estimate of drug-likeness (QED) is 0.259. The molecule has 4 rings (SSSR count). The molecule has 4 nitrogen and oxygen atoms in total. The van der Waals surface area contributed by atoms with Crippen molar-refractivity contribution in [2.75, 3.05) is 26.2 Å². The van der Waals surface area contributed by atoms with Gasteiger partial charge < -0.3 is 14.7 Å². The molecule has 0 amide bonds. The number of esters is 1. The summed E-state index contributed by atoms with van der Waals surface area (Å²) >= 11 is 0. The third-order valence-corrected chi connectivity index (χ3v) is 6.09. The van der Waals surface area contributed by atoms with E-state index in [0.29, 0.717) is 17.7 Å². The Morgan fingerprint density at radius 3 is 1.38 bits per heavy atom. The first-order chi connectivity index (χ1) is 17.6. The van der Waals surface area contributed by atoms with E-state index in [2.05, 4.69) is 67.3 Å². The average Bonchev–Trinajstić information content (AvgIpc) is 2.97. The molecule has 4 heteroatoms. The summed E-state index contributed by atoms with van der Waals surface area (Å²) in [5.74, 6) is -0.646. The van der Waals surface area contributed by atoms with Crippen LogP contribution in [0.2, 0.25) is 0 Å². The molecule has 0 aliphatic heterocycles. The van der Waals surface area contributed by atoms with Crippen molar-refractivity contribution < 1.29 is 14.6 Å². The number of nitrogens with zero attached hydrogens (tertiary/aromatic N) is 1. The minimum atomic E-state index is -1.80. The standard InChI is InChI=1S/C20H25NO3.C12H10.CH4/c1-3-21(4-2)15-16-24-19(22)20(23,17-11-7-5-8-12-17)18-13-9-6-10-14-18;1-3-7-11(8-4-1)12-9-5-2-6-10-12;/h5-14,23H,3-4,15-16H2,1-2H3;1-10H;1H4. The second-order valence-electron chi connectivity index (χ2n) is 8.34. The third-order valence-electron chi connectivity index (χ3n) is 6.09. The van der Waals surface area contributed by atoms with Gasteiger partial charge in [0.05, 0.1) is 0 Å². The van der Waals surface area contributed by atoms with Gasteiger partial charge in [0, 0.05) is 6.54 Å². The molecule has 1 N–H and O–H groups in total. The van der Waals surface area contributed by atoms with Crippen LogP contribution in [-0.2, 0) is 15.1 Å². The summed E-state index contributed by atoms with van der Waals surface area (Å²) in [5.41, 5.74) is 1.76. The molecule has 0 bridgehead atoms. The van der Waals surface area contributed by atoms with Crippen molar-refractivity contribution in [3.05, 3.63) is 132 Å². The zero-order chi connectivity index (χ0) is 25.6. The lowest BCUT2D eigenvalue weighted by molar-refractivity contribution is -0.162. The third kappa shape index (κ3) is 8.14. The fraction of sp³-hybridized carbons (Fsp3) is 0.242. The van der Waals surface area contributed by atoms with Crippen molar-refractivity contribution >= 4 is 5.97 Å². The van der Waals surface area contributed by atoms with E-state index in [1.165, 1.54) is 11.1 Å². The van der Waals surface area contributed by atoms with Crippen LogP contribution >= 0.6 is 0 Å². The van der Waals surface area contributed by atoms with Crippen LogP contribution in [0.15, 0.2) is 121 Å². The van der Waals surface area contributed by atoms with Gasteiger partial charge in [-0.2, -0.15) is 0 Å². The van der Waals surface area contributed by atoms with Crippen LogP contribution in [0.4, 0.5) is 0 Å². The van der Waals surface area contributed by atoms with Gasteiger partial charge in [0.25, 0.3) is 0 Å². The fourth-order valence-electron chi connectivity index (χ4n) is 3.93. The first-order valence-corrected chi connectivity index (χ1v) is 12.4. The van der Waals surface area contributed by atoms with Crippen molar-refractivity contribution in [3.8, 4) is 11.1 Å². The predicted molar refractivity (Wildman–Crippen MR) is 153 cm³/mol. The molecule has 0 aliphatic rings. The average molecular weight is 498 g/mol. The van der Waals surface area contributed by atoms with Crippen molar-refractivity contribution in [2.24, 2.45) is 0 Å². The number of rotatable bonds is 9. The SMILES string of the molecule is C.CCN(CC)CCOC(=O)C(O)(c1ccccc1)c1ccccc1.c1ccc(-c2ccccc2)cc1. The number of carbonyl (C=O) groups is 1. The van der Waals surface area contributed by atoms with E-state index in [4.69, 9.17) is 4.74 Å². The number of aliphatic hydroxyl groups is 1. The Labute approximate surface area is 222 Å². The largest absolute Gasteiger partial charge is 0.462 e. The Kier molecular flexibility index (Phi) is 12.3. The van der Waals surface area contributed by atoms with Crippen LogP contribution in [0, 0.1) is 0 Å². The first kappa shape index (κ1) is 29.5. The summed E-state index contributed by atoms with van der Waals surface area (Å²) in [4.78, 5) is 14.9. The summed E-state index contributed by atoms with van der Waals surface area (Å²) in [6.45, 7) is 6.83. The lowest BCUT2D eigenvalue weighted by Crippen LogP contribution is -2.40. The molecule has 0 saturated heterocycles. The second kappa shape index (κ2) is 15.4. The number of likely N-dealkylation sites (N-methyl/N-ethyl adjacent to an activating group) is 1. The number of ether oxygens (including phenoxy) is 1. The zero-order valence-electron chi connectivity index (χ0n) is 21.1. The van der Waals surface area contributed by atoms with E-state index < -0.39 is 11.6 Å². The van der Waals surface area contributed by atoms with Gasteiger partial charge in [-0.25, -0.2) is 4.79 Å². The number of hydrogen-bond donors (Lipinski definition) is 1. The van der Waals surface area contributed by atoms with Gasteiger partial charge in [0.1, 0.15) is 6.61 Å². The molecular formula is C33H39NO3. The zero-order valence-corrected chi connectivity index (χ0v) is 21.1. The van der Waals surface area contributed by atoms with Crippen LogP contribution in [0.5, 0.6) is 0 Å². The highest BCUT2D eigenvalue weighted by molar-refractivity contribution is 5.85. The molecule has 0 aliphatic carbocycles. The van der Waals surface area contributed by atoms with Crippen LogP contribution < -0.4 is 0 Å². The molecule has 4 aromatic rings. The molecule has 4 aromatic carbocycles. The Morgan fingerprint density at radius 2 is 1.03 bits per heavy atom. The minimum Gasteiger partial charge on any atom is -0.462 e. The van der Waals surface area contributed by atoms with E-state index in [9.17, 15) is 9.90 Å². The number of benzene rings is 4. The molecule has 0 spiro atoms. The van der Waals surface area contributed by atoms with E-state index in [-0.39, 0.29) is 14.0 Å². The molecule has 37 heavy (non-hydrogen) atoms. The summed E-state index contributed by atoms with van der Waals surface area (Å²) in [6, 6.07) is 38.6. The minimum absolute atomic E-state index is 0.